The Bertz CT molecular complexity index is 1020. The molecule has 30 heavy (non-hydrogen) atoms. The molecule has 1 aliphatic heterocycles. The molecular formula is C21H23F3N2O3S. The number of alkyl halides is 3. The van der Waals surface area contributed by atoms with Crippen LogP contribution < -0.4 is 0 Å². The van der Waals surface area contributed by atoms with Crippen LogP contribution in [0.15, 0.2) is 53.4 Å². The monoisotopic (exact) mass is 440 g/mol. The van der Waals surface area contributed by atoms with Crippen LogP contribution in [0.4, 0.5) is 13.2 Å². The van der Waals surface area contributed by atoms with Crippen LogP contribution in [0.3, 0.4) is 0 Å². The molecule has 5 nitrogen and oxygen atoms in total. The van der Waals surface area contributed by atoms with E-state index in [0.29, 0.717) is 25.1 Å². The minimum absolute atomic E-state index is 0.0795. The maximum Gasteiger partial charge on any atom is 0.416 e. The molecule has 0 N–H and O–H groups in total. The molecule has 1 fully saturated rings. The van der Waals surface area contributed by atoms with Gasteiger partial charge in [-0.05, 0) is 37.1 Å². The van der Waals surface area contributed by atoms with Gasteiger partial charge in [0, 0.05) is 38.3 Å². The maximum atomic E-state index is 13.2. The standard InChI is InChI=1S/C21H23F3N2O3S/c1-15(27)16-7-9-19(10-8-16)30(28,29)25(2)18-11-12-26(14-18)13-17-5-3-4-6-20(17)21(22,23)24/h3-10,18H,11-14H2,1-2H3. The number of likely N-dealkylation sites (tertiary alicyclic amines) is 1. The number of ketones is 1. The summed E-state index contributed by atoms with van der Waals surface area (Å²) in [7, 11) is -2.30. The van der Waals surface area contributed by atoms with Gasteiger partial charge in [0.25, 0.3) is 0 Å². The molecule has 9 heteroatoms. The van der Waals surface area contributed by atoms with Gasteiger partial charge in [-0.3, -0.25) is 9.69 Å². The van der Waals surface area contributed by atoms with E-state index in [1.54, 1.807) is 6.07 Å². The van der Waals surface area contributed by atoms with Crippen molar-refractivity contribution < 1.29 is 26.4 Å². The highest BCUT2D eigenvalue weighted by Gasteiger charge is 2.36. The molecular weight excluding hydrogens is 417 g/mol. The fraction of sp³-hybridized carbons (Fsp3) is 0.381. The van der Waals surface area contributed by atoms with Crippen LogP contribution in [-0.2, 0) is 22.7 Å². The Morgan fingerprint density at radius 2 is 1.77 bits per heavy atom. The highest BCUT2D eigenvalue weighted by molar-refractivity contribution is 7.89. The molecule has 1 saturated heterocycles. The predicted molar refractivity (Wildman–Crippen MR) is 107 cm³/mol. The van der Waals surface area contributed by atoms with Gasteiger partial charge in [0.2, 0.25) is 10.0 Å². The van der Waals surface area contributed by atoms with Gasteiger partial charge in [-0.15, -0.1) is 0 Å². The van der Waals surface area contributed by atoms with Crippen molar-refractivity contribution in [2.75, 3.05) is 20.1 Å². The van der Waals surface area contributed by atoms with E-state index in [9.17, 15) is 26.4 Å². The summed E-state index contributed by atoms with van der Waals surface area (Å²) in [6.45, 7) is 2.35. The second-order valence-corrected chi connectivity index (χ2v) is 9.43. The van der Waals surface area contributed by atoms with Gasteiger partial charge in [-0.2, -0.15) is 17.5 Å². The Hall–Kier alpha value is -2.23. The molecule has 3 rings (SSSR count). The highest BCUT2D eigenvalue weighted by atomic mass is 32.2. The fourth-order valence-electron chi connectivity index (χ4n) is 3.65. The summed E-state index contributed by atoms with van der Waals surface area (Å²) >= 11 is 0. The molecule has 162 valence electrons. The van der Waals surface area contributed by atoms with Crippen LogP contribution in [0.25, 0.3) is 0 Å². The molecule has 1 heterocycles. The average Bonchev–Trinajstić information content (AvgIpc) is 3.15. The van der Waals surface area contributed by atoms with Crippen molar-refractivity contribution in [3.8, 4) is 0 Å². The minimum Gasteiger partial charge on any atom is -0.297 e. The Labute approximate surface area is 174 Å². The Morgan fingerprint density at radius 3 is 2.37 bits per heavy atom. The minimum atomic E-state index is -4.43. The summed E-state index contributed by atoms with van der Waals surface area (Å²) in [5.74, 6) is -0.155. The molecule has 1 unspecified atom stereocenters. The lowest BCUT2D eigenvalue weighted by Gasteiger charge is -2.25. The van der Waals surface area contributed by atoms with Crippen molar-refractivity contribution in [3.63, 3.8) is 0 Å². The van der Waals surface area contributed by atoms with Gasteiger partial charge >= 0.3 is 6.18 Å². The van der Waals surface area contributed by atoms with E-state index in [1.165, 1.54) is 54.7 Å². The number of nitrogens with zero attached hydrogens (tertiary/aromatic N) is 2. The number of rotatable bonds is 6. The molecule has 0 amide bonds. The average molecular weight is 440 g/mol. The van der Waals surface area contributed by atoms with Crippen LogP contribution in [0.5, 0.6) is 0 Å². The van der Waals surface area contributed by atoms with Crippen molar-refractivity contribution in [2.45, 2.75) is 37.0 Å². The Balaban J connectivity index is 1.71. The number of carbonyl (C=O) groups excluding carboxylic acids is 1. The van der Waals surface area contributed by atoms with Gasteiger partial charge in [-0.25, -0.2) is 8.42 Å². The number of halogens is 3. The van der Waals surface area contributed by atoms with E-state index in [4.69, 9.17) is 0 Å². The van der Waals surface area contributed by atoms with Gasteiger partial charge in [0.1, 0.15) is 0 Å². The molecule has 1 atom stereocenters. The van der Waals surface area contributed by atoms with Crippen molar-refractivity contribution in [3.05, 3.63) is 65.2 Å². The summed E-state index contributed by atoms with van der Waals surface area (Å²) in [6.07, 6.45) is -3.91. The van der Waals surface area contributed by atoms with Crippen molar-refractivity contribution >= 4 is 15.8 Å². The summed E-state index contributed by atoms with van der Waals surface area (Å²) in [6, 6.07) is 10.8. The van der Waals surface area contributed by atoms with Crippen LogP contribution in [0.2, 0.25) is 0 Å². The molecule has 0 aliphatic carbocycles. The highest BCUT2D eigenvalue weighted by Crippen LogP contribution is 2.33. The van der Waals surface area contributed by atoms with Crippen molar-refractivity contribution in [1.29, 1.82) is 0 Å². The molecule has 0 aromatic heterocycles. The first kappa shape index (κ1) is 22.5. The van der Waals surface area contributed by atoms with E-state index in [1.807, 2.05) is 4.90 Å². The zero-order valence-corrected chi connectivity index (χ0v) is 17.5. The zero-order chi connectivity index (χ0) is 22.1. The van der Waals surface area contributed by atoms with Gasteiger partial charge < -0.3 is 0 Å². The maximum absolute atomic E-state index is 13.2. The lowest BCUT2D eigenvalue weighted by atomic mass is 10.1. The third kappa shape index (κ3) is 4.74. The largest absolute Gasteiger partial charge is 0.416 e. The summed E-state index contributed by atoms with van der Waals surface area (Å²) in [5.41, 5.74) is -0.0667. The number of Topliss-reactive ketones (excluding diaryl/α,β-unsaturated/α-hetero) is 1. The van der Waals surface area contributed by atoms with Crippen LogP contribution in [0, 0.1) is 0 Å². The van der Waals surface area contributed by atoms with Crippen LogP contribution in [0.1, 0.15) is 34.8 Å². The second kappa shape index (κ2) is 8.49. The normalized spacial score (nSPS) is 18.1. The number of likely N-dealkylation sites (N-methyl/N-ethyl adjacent to an activating group) is 1. The molecule has 2 aromatic rings. The molecule has 1 aliphatic rings. The van der Waals surface area contributed by atoms with E-state index in [0.717, 1.165) is 6.07 Å². The van der Waals surface area contributed by atoms with E-state index in [-0.39, 0.29) is 28.8 Å². The predicted octanol–water partition coefficient (Wildman–Crippen LogP) is 3.80. The van der Waals surface area contributed by atoms with E-state index in [2.05, 4.69) is 0 Å². The third-order valence-corrected chi connectivity index (χ3v) is 7.34. The van der Waals surface area contributed by atoms with Gasteiger partial charge in [0.05, 0.1) is 10.5 Å². The van der Waals surface area contributed by atoms with Gasteiger partial charge in [0.15, 0.2) is 5.78 Å². The molecule has 0 saturated carbocycles. The lowest BCUT2D eigenvalue weighted by molar-refractivity contribution is -0.138. The first-order valence-corrected chi connectivity index (χ1v) is 10.9. The second-order valence-electron chi connectivity index (χ2n) is 7.43. The van der Waals surface area contributed by atoms with Gasteiger partial charge in [-0.1, -0.05) is 30.3 Å². The van der Waals surface area contributed by atoms with E-state index < -0.39 is 21.8 Å². The third-order valence-electron chi connectivity index (χ3n) is 5.42. The lowest BCUT2D eigenvalue weighted by Crippen LogP contribution is -2.39. The van der Waals surface area contributed by atoms with Crippen molar-refractivity contribution in [1.82, 2.24) is 9.21 Å². The molecule has 0 spiro atoms. The number of benzene rings is 2. The summed E-state index contributed by atoms with van der Waals surface area (Å²) in [4.78, 5) is 13.3. The quantitative estimate of drug-likeness (QED) is 0.641. The van der Waals surface area contributed by atoms with Crippen molar-refractivity contribution in [2.24, 2.45) is 0 Å². The molecule has 0 bridgehead atoms. The number of hydrogen-bond acceptors (Lipinski definition) is 4. The smallest absolute Gasteiger partial charge is 0.297 e. The first-order valence-electron chi connectivity index (χ1n) is 9.46. The van der Waals surface area contributed by atoms with Crippen LogP contribution in [-0.4, -0.2) is 49.6 Å². The zero-order valence-electron chi connectivity index (χ0n) is 16.7. The summed E-state index contributed by atoms with van der Waals surface area (Å²) < 4.78 is 66.8. The number of sulfonamides is 1. The summed E-state index contributed by atoms with van der Waals surface area (Å²) in [5, 5.41) is 0. The Kier molecular flexibility index (Phi) is 6.35. The van der Waals surface area contributed by atoms with E-state index >= 15 is 0 Å². The number of hydrogen-bond donors (Lipinski definition) is 0. The Morgan fingerprint density at radius 1 is 1.13 bits per heavy atom. The topological polar surface area (TPSA) is 57.7 Å². The SMILES string of the molecule is CC(=O)c1ccc(S(=O)(=O)N(C)C2CCN(Cc3ccccc3C(F)(F)F)C2)cc1. The molecule has 0 radical (unpaired) electrons. The number of carbonyl (C=O) groups is 1. The first-order chi connectivity index (χ1) is 14.0. The van der Waals surface area contributed by atoms with Crippen LogP contribution >= 0.6 is 0 Å². The fourth-order valence-corrected chi connectivity index (χ4v) is 5.03. The molecule has 2 aromatic carbocycles.